The van der Waals surface area contributed by atoms with Gasteiger partial charge in [0, 0.05) is 6.54 Å². The van der Waals surface area contributed by atoms with Crippen molar-refractivity contribution in [3.63, 3.8) is 0 Å². The summed E-state index contributed by atoms with van der Waals surface area (Å²) < 4.78 is 5.57. The van der Waals surface area contributed by atoms with E-state index in [4.69, 9.17) is 10.5 Å². The second kappa shape index (κ2) is 5.78. The highest BCUT2D eigenvalue weighted by Crippen LogP contribution is 2.43. The highest BCUT2D eigenvalue weighted by molar-refractivity contribution is 5.79. The van der Waals surface area contributed by atoms with Crippen molar-refractivity contribution in [2.24, 2.45) is 0 Å². The molecule has 3 heterocycles. The number of hydrogen-bond acceptors (Lipinski definition) is 9. The first-order valence-electron chi connectivity index (χ1n) is 7.11. The normalized spacial score (nSPS) is 30.0. The number of rotatable bonds is 4. The molecule has 1 saturated heterocycles. The number of aliphatic hydroxyl groups is 3. The fraction of sp³-hybridized carbons (Fsp3) is 0.429. The van der Waals surface area contributed by atoms with Crippen molar-refractivity contribution in [1.82, 2.24) is 9.97 Å². The van der Waals surface area contributed by atoms with E-state index in [-0.39, 0.29) is 5.95 Å². The van der Waals surface area contributed by atoms with Gasteiger partial charge in [0.1, 0.15) is 29.8 Å². The Hall–Kier alpha value is -2.20. The Balaban J connectivity index is 2.01. The third-order valence-corrected chi connectivity index (χ3v) is 3.96. The quantitative estimate of drug-likeness (QED) is 0.504. The van der Waals surface area contributed by atoms with E-state index in [1.54, 1.807) is 22.1 Å². The molecule has 1 fully saturated rings. The standard InChI is InChI=1S/C14H19N5O4/c1-3-4-18-7(2)19(12-8(18)5-16-14(15)17-12)13-11(22)10(21)9(6-20)23-13/h3,5,9-11,13,20-22H,1-2,4,6H2,(H2,15,16,17)/t9-,10-,11-,13-/m1/s1. The number of nitrogens with two attached hydrogens (primary N) is 1. The lowest BCUT2D eigenvalue weighted by molar-refractivity contribution is -0.0207. The fourth-order valence-electron chi connectivity index (χ4n) is 2.83. The van der Waals surface area contributed by atoms with Gasteiger partial charge in [-0.1, -0.05) is 12.7 Å². The lowest BCUT2D eigenvalue weighted by atomic mass is 10.1. The van der Waals surface area contributed by atoms with Gasteiger partial charge in [-0.2, -0.15) is 4.98 Å². The Morgan fingerprint density at radius 3 is 2.74 bits per heavy atom. The zero-order valence-corrected chi connectivity index (χ0v) is 12.4. The van der Waals surface area contributed by atoms with Crippen LogP contribution in [0.1, 0.15) is 0 Å². The molecule has 5 N–H and O–H groups in total. The van der Waals surface area contributed by atoms with Gasteiger partial charge in [0.15, 0.2) is 12.0 Å². The predicted octanol–water partition coefficient (Wildman–Crippen LogP) is -1.22. The number of anilines is 3. The third kappa shape index (κ3) is 2.34. The van der Waals surface area contributed by atoms with Crippen LogP contribution in [-0.2, 0) is 4.74 Å². The van der Waals surface area contributed by atoms with Crippen LogP contribution >= 0.6 is 0 Å². The third-order valence-electron chi connectivity index (χ3n) is 3.96. The average molecular weight is 321 g/mol. The molecule has 0 aromatic carbocycles. The highest BCUT2D eigenvalue weighted by Gasteiger charge is 2.49. The fourth-order valence-corrected chi connectivity index (χ4v) is 2.83. The summed E-state index contributed by atoms with van der Waals surface area (Å²) >= 11 is 0. The highest BCUT2D eigenvalue weighted by atomic mass is 16.6. The van der Waals surface area contributed by atoms with Gasteiger partial charge in [0.25, 0.3) is 0 Å². The molecule has 9 heteroatoms. The van der Waals surface area contributed by atoms with E-state index in [9.17, 15) is 15.3 Å². The number of nitrogen functional groups attached to an aromatic ring is 1. The first-order valence-corrected chi connectivity index (χ1v) is 7.11. The number of nitrogens with zero attached hydrogens (tertiary/aromatic N) is 4. The minimum Gasteiger partial charge on any atom is -0.394 e. The maximum absolute atomic E-state index is 10.3. The Bertz CT molecular complexity index is 640. The van der Waals surface area contributed by atoms with Crippen LogP contribution in [0, 0.1) is 0 Å². The smallest absolute Gasteiger partial charge is 0.222 e. The van der Waals surface area contributed by atoms with Crippen molar-refractivity contribution in [3.8, 4) is 0 Å². The predicted molar refractivity (Wildman–Crippen MR) is 83.4 cm³/mol. The summed E-state index contributed by atoms with van der Waals surface area (Å²) in [5.74, 6) is 0.961. The summed E-state index contributed by atoms with van der Waals surface area (Å²) in [6.45, 7) is 7.73. The minimum absolute atomic E-state index is 0.0637. The summed E-state index contributed by atoms with van der Waals surface area (Å²) in [4.78, 5) is 11.5. The SMILES string of the molecule is C=CCN1C(=C)N([C@@H]2O[C@H](CO)[C@@H](O)[C@H]2O)c2nc(N)ncc21. The molecular formula is C14H19N5O4. The second-order valence-corrected chi connectivity index (χ2v) is 5.35. The van der Waals surface area contributed by atoms with Crippen LogP contribution < -0.4 is 15.5 Å². The maximum Gasteiger partial charge on any atom is 0.222 e. The van der Waals surface area contributed by atoms with E-state index in [1.165, 1.54) is 0 Å². The van der Waals surface area contributed by atoms with Crippen LogP contribution in [0.25, 0.3) is 0 Å². The van der Waals surface area contributed by atoms with E-state index in [0.29, 0.717) is 23.9 Å². The molecule has 2 aliphatic rings. The Morgan fingerprint density at radius 1 is 1.39 bits per heavy atom. The molecule has 1 aromatic rings. The summed E-state index contributed by atoms with van der Waals surface area (Å²) in [6.07, 6.45) is -1.05. The Morgan fingerprint density at radius 2 is 2.13 bits per heavy atom. The molecule has 4 atom stereocenters. The number of fused-ring (bicyclic) bond motifs is 1. The monoisotopic (exact) mass is 321 g/mol. The van der Waals surface area contributed by atoms with E-state index < -0.39 is 31.1 Å². The molecule has 0 unspecified atom stereocenters. The van der Waals surface area contributed by atoms with Crippen LogP contribution in [0.3, 0.4) is 0 Å². The number of ether oxygens (including phenoxy) is 1. The molecule has 2 aliphatic heterocycles. The van der Waals surface area contributed by atoms with Gasteiger partial charge in [-0.3, -0.25) is 4.90 Å². The maximum atomic E-state index is 10.3. The van der Waals surface area contributed by atoms with Crippen LogP contribution in [0.15, 0.2) is 31.3 Å². The van der Waals surface area contributed by atoms with E-state index in [0.717, 1.165) is 0 Å². The number of aliphatic hydroxyl groups excluding tert-OH is 3. The van der Waals surface area contributed by atoms with Gasteiger partial charge in [-0.25, -0.2) is 4.98 Å². The van der Waals surface area contributed by atoms with Gasteiger partial charge in [0.2, 0.25) is 5.95 Å². The summed E-state index contributed by atoms with van der Waals surface area (Å²) in [5.41, 5.74) is 6.30. The minimum atomic E-state index is -1.24. The van der Waals surface area contributed by atoms with E-state index in [2.05, 4.69) is 23.1 Å². The molecule has 0 amide bonds. The van der Waals surface area contributed by atoms with Crippen molar-refractivity contribution >= 4 is 17.5 Å². The van der Waals surface area contributed by atoms with Crippen molar-refractivity contribution in [3.05, 3.63) is 31.3 Å². The number of hydrogen-bond donors (Lipinski definition) is 4. The first kappa shape index (κ1) is 15.7. The lowest BCUT2D eigenvalue weighted by Gasteiger charge is -2.29. The molecule has 0 spiro atoms. The summed E-state index contributed by atoms with van der Waals surface area (Å²) in [5, 5.41) is 29.5. The molecule has 0 radical (unpaired) electrons. The molecule has 23 heavy (non-hydrogen) atoms. The van der Waals surface area contributed by atoms with Gasteiger partial charge >= 0.3 is 0 Å². The Labute approximate surface area is 132 Å². The zero-order valence-electron chi connectivity index (χ0n) is 12.4. The largest absolute Gasteiger partial charge is 0.394 e. The molecule has 0 saturated carbocycles. The molecule has 9 nitrogen and oxygen atoms in total. The van der Waals surface area contributed by atoms with E-state index >= 15 is 0 Å². The topological polar surface area (TPSA) is 128 Å². The van der Waals surface area contributed by atoms with Crippen LogP contribution in [-0.4, -0.2) is 63.0 Å². The molecule has 124 valence electrons. The van der Waals surface area contributed by atoms with Crippen LogP contribution in [0.4, 0.5) is 17.5 Å². The van der Waals surface area contributed by atoms with E-state index in [1.807, 2.05) is 0 Å². The van der Waals surface area contributed by atoms with Crippen molar-refractivity contribution < 1.29 is 20.1 Å². The van der Waals surface area contributed by atoms with Gasteiger partial charge in [0.05, 0.1) is 12.8 Å². The van der Waals surface area contributed by atoms with Gasteiger partial charge in [-0.15, -0.1) is 6.58 Å². The summed E-state index contributed by atoms with van der Waals surface area (Å²) in [7, 11) is 0. The lowest BCUT2D eigenvalue weighted by Crippen LogP contribution is -2.44. The Kier molecular flexibility index (Phi) is 3.94. The average Bonchev–Trinajstić information content (AvgIpc) is 2.95. The number of aromatic nitrogens is 2. The van der Waals surface area contributed by atoms with Gasteiger partial charge < -0.3 is 30.7 Å². The molecular weight excluding hydrogens is 302 g/mol. The van der Waals surface area contributed by atoms with Crippen LogP contribution in [0.5, 0.6) is 0 Å². The van der Waals surface area contributed by atoms with Crippen molar-refractivity contribution in [2.75, 3.05) is 28.7 Å². The van der Waals surface area contributed by atoms with Crippen molar-refractivity contribution in [1.29, 1.82) is 0 Å². The molecule has 1 aromatic heterocycles. The molecule has 3 rings (SSSR count). The first-order chi connectivity index (χ1) is 11.0. The molecule has 0 aliphatic carbocycles. The van der Waals surface area contributed by atoms with Gasteiger partial charge in [-0.05, 0) is 0 Å². The summed E-state index contributed by atoms with van der Waals surface area (Å²) in [6, 6.07) is 0. The molecule has 0 bridgehead atoms. The van der Waals surface area contributed by atoms with Crippen molar-refractivity contribution in [2.45, 2.75) is 24.5 Å². The zero-order chi connectivity index (χ0) is 16.7. The van der Waals surface area contributed by atoms with Crippen LogP contribution in [0.2, 0.25) is 0 Å². The second-order valence-electron chi connectivity index (χ2n) is 5.35.